The van der Waals surface area contributed by atoms with Gasteiger partial charge in [-0.2, -0.15) is 10.2 Å². The van der Waals surface area contributed by atoms with Gasteiger partial charge in [0.2, 0.25) is 11.8 Å². The Balaban J connectivity index is 1.87. The van der Waals surface area contributed by atoms with Crippen molar-refractivity contribution in [1.29, 1.82) is 5.26 Å². The smallest absolute Gasteiger partial charge is 0.243 e. The second kappa shape index (κ2) is 7.42. The summed E-state index contributed by atoms with van der Waals surface area (Å²) >= 11 is 6.21. The van der Waals surface area contributed by atoms with Crippen molar-refractivity contribution < 1.29 is 4.74 Å². The van der Waals surface area contributed by atoms with Gasteiger partial charge in [0, 0.05) is 5.69 Å². The Morgan fingerprint density at radius 2 is 1.73 bits per heavy atom. The van der Waals surface area contributed by atoms with Crippen LogP contribution in [0, 0.1) is 32.1 Å². The summed E-state index contributed by atoms with van der Waals surface area (Å²) in [6.07, 6.45) is 1.49. The number of nitrogens with one attached hydrogen (secondary N) is 1. The van der Waals surface area contributed by atoms with E-state index in [0.29, 0.717) is 16.5 Å². The predicted octanol–water partition coefficient (Wildman–Crippen LogP) is 5.46. The van der Waals surface area contributed by atoms with Crippen molar-refractivity contribution >= 4 is 23.2 Å². The third-order valence-corrected chi connectivity index (χ3v) is 4.04. The van der Waals surface area contributed by atoms with Crippen molar-refractivity contribution in [1.82, 2.24) is 9.97 Å². The van der Waals surface area contributed by atoms with Crippen LogP contribution in [0.2, 0.25) is 5.02 Å². The SMILES string of the molecule is Cc1cc(C)c(Oc2nc(Nc3ccc(C#N)cc3)ncc2Cl)c(C)c1. The van der Waals surface area contributed by atoms with Crippen molar-refractivity contribution in [3.63, 3.8) is 0 Å². The summed E-state index contributed by atoms with van der Waals surface area (Å²) in [4.78, 5) is 8.55. The second-order valence-corrected chi connectivity index (χ2v) is 6.40. The lowest BCUT2D eigenvalue weighted by atomic mass is 10.1. The second-order valence-electron chi connectivity index (χ2n) is 5.99. The summed E-state index contributed by atoms with van der Waals surface area (Å²) in [7, 11) is 0. The average Bonchev–Trinajstić information content (AvgIpc) is 2.61. The third kappa shape index (κ3) is 3.93. The zero-order chi connectivity index (χ0) is 18.7. The Morgan fingerprint density at radius 3 is 2.35 bits per heavy atom. The molecule has 0 aliphatic heterocycles. The zero-order valence-corrected chi connectivity index (χ0v) is 15.4. The molecule has 26 heavy (non-hydrogen) atoms. The zero-order valence-electron chi connectivity index (χ0n) is 14.7. The molecule has 1 N–H and O–H groups in total. The largest absolute Gasteiger partial charge is 0.437 e. The molecule has 130 valence electrons. The molecule has 0 amide bonds. The molecule has 6 heteroatoms. The molecule has 3 rings (SSSR count). The first-order valence-electron chi connectivity index (χ1n) is 8.01. The van der Waals surface area contributed by atoms with Gasteiger partial charge >= 0.3 is 0 Å². The van der Waals surface area contributed by atoms with Gasteiger partial charge in [-0.25, -0.2) is 4.98 Å². The lowest BCUT2D eigenvalue weighted by Gasteiger charge is -2.14. The van der Waals surface area contributed by atoms with Crippen LogP contribution < -0.4 is 10.1 Å². The third-order valence-electron chi connectivity index (χ3n) is 3.79. The molecule has 0 aliphatic rings. The number of hydrogen-bond donors (Lipinski definition) is 1. The van der Waals surface area contributed by atoms with E-state index in [1.165, 1.54) is 11.8 Å². The lowest BCUT2D eigenvalue weighted by molar-refractivity contribution is 0.455. The summed E-state index contributed by atoms with van der Waals surface area (Å²) < 4.78 is 5.97. The first kappa shape index (κ1) is 17.7. The normalized spacial score (nSPS) is 10.3. The lowest BCUT2D eigenvalue weighted by Crippen LogP contribution is -2.00. The molecule has 0 bridgehead atoms. The van der Waals surface area contributed by atoms with Gasteiger partial charge in [-0.05, 0) is 56.2 Å². The number of ether oxygens (including phenoxy) is 1. The number of nitrogens with zero attached hydrogens (tertiary/aromatic N) is 3. The van der Waals surface area contributed by atoms with Crippen LogP contribution in [0.15, 0.2) is 42.6 Å². The van der Waals surface area contributed by atoms with Crippen LogP contribution >= 0.6 is 11.6 Å². The van der Waals surface area contributed by atoms with E-state index >= 15 is 0 Å². The number of anilines is 2. The molecule has 0 unspecified atom stereocenters. The highest BCUT2D eigenvalue weighted by Crippen LogP contribution is 2.33. The Kier molecular flexibility index (Phi) is 5.06. The summed E-state index contributed by atoms with van der Waals surface area (Å²) in [6, 6.07) is 13.2. The van der Waals surface area contributed by atoms with Crippen molar-refractivity contribution in [3.05, 3.63) is 69.9 Å². The molecule has 2 aromatic carbocycles. The van der Waals surface area contributed by atoms with Crippen molar-refractivity contribution in [2.75, 3.05) is 5.32 Å². The van der Waals surface area contributed by atoms with E-state index in [9.17, 15) is 0 Å². The number of hydrogen-bond acceptors (Lipinski definition) is 5. The van der Waals surface area contributed by atoms with Gasteiger partial charge in [-0.15, -0.1) is 0 Å². The van der Waals surface area contributed by atoms with E-state index in [-0.39, 0.29) is 5.88 Å². The van der Waals surface area contributed by atoms with Crippen molar-refractivity contribution in [2.45, 2.75) is 20.8 Å². The van der Waals surface area contributed by atoms with E-state index in [1.54, 1.807) is 24.3 Å². The van der Waals surface area contributed by atoms with E-state index in [2.05, 4.69) is 21.4 Å². The summed E-state index contributed by atoms with van der Waals surface area (Å²) in [6.45, 7) is 6.02. The molecule has 0 radical (unpaired) electrons. The van der Waals surface area contributed by atoms with Crippen LogP contribution in [0.5, 0.6) is 11.6 Å². The standard InChI is InChI=1S/C20H17ClN4O/c1-12-8-13(2)18(14(3)9-12)26-19-17(21)11-23-20(25-19)24-16-6-4-15(10-22)5-7-16/h4-9,11H,1-3H3,(H,23,24,25). The molecule has 5 nitrogen and oxygen atoms in total. The molecular formula is C20H17ClN4O. The molecule has 0 aliphatic carbocycles. The highest BCUT2D eigenvalue weighted by molar-refractivity contribution is 6.31. The Labute approximate surface area is 157 Å². The first-order valence-corrected chi connectivity index (χ1v) is 8.39. The molecular weight excluding hydrogens is 348 g/mol. The number of aryl methyl sites for hydroxylation is 3. The number of benzene rings is 2. The number of halogens is 1. The average molecular weight is 365 g/mol. The van der Waals surface area contributed by atoms with Crippen LogP contribution in [-0.2, 0) is 0 Å². The monoisotopic (exact) mass is 364 g/mol. The summed E-state index contributed by atoms with van der Waals surface area (Å²) in [5.74, 6) is 1.38. The number of aromatic nitrogens is 2. The molecule has 1 aromatic heterocycles. The fourth-order valence-electron chi connectivity index (χ4n) is 2.66. The van der Waals surface area contributed by atoms with E-state index < -0.39 is 0 Å². The quantitative estimate of drug-likeness (QED) is 0.665. The Bertz CT molecular complexity index is 971. The molecule has 1 heterocycles. The van der Waals surface area contributed by atoms with Crippen molar-refractivity contribution in [2.24, 2.45) is 0 Å². The fourth-order valence-corrected chi connectivity index (χ4v) is 2.79. The number of rotatable bonds is 4. The molecule has 0 saturated heterocycles. The minimum atomic E-state index is 0.285. The summed E-state index contributed by atoms with van der Waals surface area (Å²) in [5.41, 5.74) is 4.55. The van der Waals surface area contributed by atoms with E-state index in [4.69, 9.17) is 21.6 Å². The van der Waals surface area contributed by atoms with Gasteiger partial charge < -0.3 is 10.1 Å². The molecule has 0 atom stereocenters. The Hall–Kier alpha value is -3.10. The minimum Gasteiger partial charge on any atom is -0.437 e. The maximum atomic E-state index is 8.86. The number of nitriles is 1. The van der Waals surface area contributed by atoms with Gasteiger partial charge in [0.25, 0.3) is 0 Å². The highest BCUT2D eigenvalue weighted by Gasteiger charge is 2.12. The Morgan fingerprint density at radius 1 is 1.08 bits per heavy atom. The van der Waals surface area contributed by atoms with Gasteiger partial charge in [0.1, 0.15) is 10.8 Å². The van der Waals surface area contributed by atoms with E-state index in [1.807, 2.05) is 32.9 Å². The van der Waals surface area contributed by atoms with Gasteiger partial charge in [0.15, 0.2) is 0 Å². The van der Waals surface area contributed by atoms with Crippen LogP contribution in [0.1, 0.15) is 22.3 Å². The predicted molar refractivity (Wildman–Crippen MR) is 102 cm³/mol. The first-order chi connectivity index (χ1) is 12.5. The maximum Gasteiger partial charge on any atom is 0.243 e. The molecule has 0 spiro atoms. The van der Waals surface area contributed by atoms with Crippen LogP contribution in [0.4, 0.5) is 11.6 Å². The molecule has 0 fully saturated rings. The topological polar surface area (TPSA) is 70.8 Å². The van der Waals surface area contributed by atoms with Gasteiger partial charge in [0.05, 0.1) is 17.8 Å². The molecule has 0 saturated carbocycles. The van der Waals surface area contributed by atoms with E-state index in [0.717, 1.165) is 22.6 Å². The maximum absolute atomic E-state index is 8.86. The highest BCUT2D eigenvalue weighted by atomic mass is 35.5. The van der Waals surface area contributed by atoms with Crippen LogP contribution in [-0.4, -0.2) is 9.97 Å². The van der Waals surface area contributed by atoms with Gasteiger partial charge in [-0.3, -0.25) is 0 Å². The molecule has 3 aromatic rings. The fraction of sp³-hybridized carbons (Fsp3) is 0.150. The minimum absolute atomic E-state index is 0.285. The summed E-state index contributed by atoms with van der Waals surface area (Å²) in [5, 5.41) is 12.3. The van der Waals surface area contributed by atoms with Gasteiger partial charge in [-0.1, -0.05) is 29.3 Å². The van der Waals surface area contributed by atoms with Crippen LogP contribution in [0.3, 0.4) is 0 Å². The van der Waals surface area contributed by atoms with Crippen molar-refractivity contribution in [3.8, 4) is 17.7 Å². The van der Waals surface area contributed by atoms with Crippen LogP contribution in [0.25, 0.3) is 0 Å².